The predicted octanol–water partition coefficient (Wildman–Crippen LogP) is 10.4. The van der Waals surface area contributed by atoms with E-state index in [4.69, 9.17) is 80.3 Å². The van der Waals surface area contributed by atoms with Crippen molar-refractivity contribution in [2.45, 2.75) is 413 Å². The Balaban J connectivity index is -0.000000110. The van der Waals surface area contributed by atoms with E-state index in [0.29, 0.717) is 133 Å². The Morgan fingerprint density at radius 3 is 0.812 bits per heavy atom. The van der Waals surface area contributed by atoms with Crippen molar-refractivity contribution < 1.29 is 43.2 Å². The maximum Gasteiger partial charge on any atom is 0.222 e. The normalized spacial score (nSPS) is 15.2. The fraction of sp³-hybridized carbons (Fsp3) is 0.911. The zero-order valence-corrected chi connectivity index (χ0v) is 85.6. The van der Waals surface area contributed by atoms with Crippen LogP contribution in [0.1, 0.15) is 359 Å². The van der Waals surface area contributed by atoms with Gasteiger partial charge in [0.15, 0.2) is 0 Å². The van der Waals surface area contributed by atoms with Crippen LogP contribution in [-0.2, 0) is 43.2 Å². The molecule has 0 heterocycles. The Hall–Kier alpha value is -5.33. The van der Waals surface area contributed by atoms with Gasteiger partial charge < -0.3 is 128 Å². The molecule has 0 spiro atoms. The van der Waals surface area contributed by atoms with Crippen molar-refractivity contribution in [2.24, 2.45) is 175 Å². The molecule has 806 valence electrons. The fourth-order valence-electron chi connectivity index (χ4n) is 11.5. The zero-order valence-electron chi connectivity index (χ0n) is 85.6. The molecule has 0 aromatic carbocycles. The summed E-state index contributed by atoms with van der Waals surface area (Å²) in [7, 11) is 0. The van der Waals surface area contributed by atoms with Gasteiger partial charge in [0, 0.05) is 161 Å². The average molecular weight is 1910 g/mol. The zero-order chi connectivity index (χ0) is 99.4. The van der Waals surface area contributed by atoms with E-state index in [2.05, 4.69) is 89.4 Å². The summed E-state index contributed by atoms with van der Waals surface area (Å²) in [4.78, 5) is 101. The van der Waals surface area contributed by atoms with Crippen LogP contribution < -0.4 is 128 Å². The van der Waals surface area contributed by atoms with Crippen LogP contribution in [0.15, 0.2) is 0 Å². The highest BCUT2D eigenvalue weighted by molar-refractivity contribution is 5.80. The lowest BCUT2D eigenvalue weighted by Gasteiger charge is -2.22. The molecular weight excluding hydrogens is 1680 g/mol. The quantitative estimate of drug-likeness (QED) is 0.0269. The lowest BCUT2D eigenvalue weighted by atomic mass is 9.92. The fourth-order valence-corrected chi connectivity index (χ4v) is 11.5. The Morgan fingerprint density at radius 2 is 0.549 bits per heavy atom. The topological polar surface area (TPSA) is 626 Å². The maximum absolute atomic E-state index is 11.3. The van der Waals surface area contributed by atoms with Crippen LogP contribution in [0.25, 0.3) is 0 Å². The molecule has 32 nitrogen and oxygen atoms in total. The van der Waals surface area contributed by atoms with Gasteiger partial charge in [-0.15, -0.1) is 0 Å². The number of nitrogens with one attached hydrogen (secondary N) is 9. The van der Waals surface area contributed by atoms with Gasteiger partial charge in [-0.3, -0.25) is 43.2 Å². The van der Waals surface area contributed by atoms with E-state index in [1.54, 1.807) is 0 Å². The first-order valence-corrected chi connectivity index (χ1v) is 48.9. The van der Waals surface area contributed by atoms with Crippen molar-refractivity contribution >= 4 is 53.2 Å². The third kappa shape index (κ3) is 109. The largest absolute Gasteiger partial charge is 0.356 e. The number of rotatable bonds is 55. The summed E-state index contributed by atoms with van der Waals surface area (Å²) in [5.74, 6) is 7.09. The molecule has 2 saturated carbocycles. The molecule has 3 unspecified atom stereocenters. The Morgan fingerprint density at radius 1 is 0.278 bits per heavy atom. The third-order valence-electron chi connectivity index (χ3n) is 21.5. The Kier molecular flexibility index (Phi) is 117. The van der Waals surface area contributed by atoms with E-state index in [9.17, 15) is 43.2 Å². The van der Waals surface area contributed by atoms with Crippen molar-refractivity contribution in [3.63, 3.8) is 0 Å². The molecule has 0 radical (unpaired) electrons. The Bertz CT molecular complexity index is 2590. The average Bonchev–Trinajstić information content (AvgIpc) is 1.75. The molecule has 0 aromatic rings. The van der Waals surface area contributed by atoms with E-state index < -0.39 is 0 Å². The van der Waals surface area contributed by atoms with Gasteiger partial charge in [-0.05, 0) is 228 Å². The lowest BCUT2D eigenvalue weighted by molar-refractivity contribution is -0.125. The third-order valence-corrected chi connectivity index (χ3v) is 21.5. The molecule has 0 saturated heterocycles. The summed E-state index contributed by atoms with van der Waals surface area (Å²) in [6.07, 6.45) is 21.9. The van der Waals surface area contributed by atoms with Gasteiger partial charge in [0.05, 0.1) is 0 Å². The first-order chi connectivity index (χ1) is 59.2. The summed E-state index contributed by atoms with van der Waals surface area (Å²) < 4.78 is 0. The number of carbonyl (C=O) groups is 9. The van der Waals surface area contributed by atoms with Gasteiger partial charge in [-0.25, -0.2) is 0 Å². The molecule has 133 heavy (non-hydrogen) atoms. The summed E-state index contributed by atoms with van der Waals surface area (Å²) in [6, 6.07) is 0.416. The smallest absolute Gasteiger partial charge is 0.222 e. The van der Waals surface area contributed by atoms with E-state index in [0.717, 1.165) is 115 Å². The monoisotopic (exact) mass is 1910 g/mol. The van der Waals surface area contributed by atoms with Crippen molar-refractivity contribution in [3.05, 3.63) is 0 Å². The van der Waals surface area contributed by atoms with Crippen LogP contribution in [0.4, 0.5) is 0 Å². The van der Waals surface area contributed by atoms with Gasteiger partial charge in [-0.2, -0.15) is 0 Å². The molecule has 37 N–H and O–H groups in total. The number of hydrogen-bond acceptors (Lipinski definition) is 23. The second-order valence-electron chi connectivity index (χ2n) is 39.4. The molecule has 32 heteroatoms. The number of nitrogens with two attached hydrogens (primary N) is 14. The second kappa shape index (κ2) is 99.7. The standard InChI is InChI=1S/C13H26N2O.C13H28N2O.C11H22N2O.C11H24N2O.3C10H23N3O.C9H21N3O.C8H19N3O.6CH4/c1-9(2)13(16)15-8-12(14)7-4-10(3)11-5-6-11;1-9(2)11(5)6-7-12(14)8-15-13(16)10(3)4;1-8(2)11(14)13-7-10-4-3-9(5-10)6-12;1-8(2)5-6-10(12)7-13-11(14)9(3)4;1-7(2)10(14)13-8(3)9(12)5-4-6-11;2*1-8(2)6-10(14)13-7-9(12)4-3-5-11;1-7(2)9(13)12-6-8(11)4-3-5-10;1-6(2)8(12)11-5-7(10)3-4-9;;;;;;/h9-12H,4-8,14H2,1-3H3,(H,15,16);9-12H,6-8,14H2,1-5H3,(H,15,16);8-10H,3-7,12H2,1-2H3,(H,13,14);8-10H,5-7,12H2,1-4H3,(H,13,14);7-9H,4-6,11-12H2,1-3H3,(H,13,14);2*8-9H,3-7,11-12H2,1-2H3,(H,13,14);7-8H,3-6,10-11H2,1-2H3,(H,12,13);6-7H,3-5,9-10H2,1-2H3,(H,11,12);6*1H4/t10?,12-;11?,12-;9-,10+;10-;8?,9-;2*9-;8-;7-;;;;;;/m001001000....../s1. The summed E-state index contributed by atoms with van der Waals surface area (Å²) >= 11 is 0. The van der Waals surface area contributed by atoms with Gasteiger partial charge in [0.2, 0.25) is 53.2 Å². The van der Waals surface area contributed by atoms with Gasteiger partial charge in [0.1, 0.15) is 0 Å². The molecule has 2 fully saturated rings. The minimum atomic E-state index is -0.0160. The van der Waals surface area contributed by atoms with Crippen molar-refractivity contribution in [2.75, 3.05) is 91.6 Å². The van der Waals surface area contributed by atoms with Gasteiger partial charge in [-0.1, -0.05) is 211 Å². The van der Waals surface area contributed by atoms with E-state index in [1.807, 2.05) is 132 Å². The van der Waals surface area contributed by atoms with Gasteiger partial charge >= 0.3 is 0 Å². The molecule has 0 aromatic heterocycles. The second-order valence-corrected chi connectivity index (χ2v) is 39.4. The molecule has 13 atom stereocenters. The summed E-state index contributed by atoms with van der Waals surface area (Å²) in [6.45, 7) is 58.6. The molecule has 0 aliphatic heterocycles. The number of amides is 9. The van der Waals surface area contributed by atoms with Crippen LogP contribution in [0.5, 0.6) is 0 Å². The van der Waals surface area contributed by atoms with E-state index in [1.165, 1.54) is 38.5 Å². The molecule has 2 rings (SSSR count). The highest BCUT2D eigenvalue weighted by Gasteiger charge is 2.28. The maximum atomic E-state index is 11.3. The number of hydrogen-bond donors (Lipinski definition) is 23. The minimum absolute atomic E-state index is 0. The minimum Gasteiger partial charge on any atom is -0.356 e. The van der Waals surface area contributed by atoms with Crippen molar-refractivity contribution in [3.8, 4) is 0 Å². The van der Waals surface area contributed by atoms with Crippen LogP contribution in [0.2, 0.25) is 0 Å². The molecule has 2 aliphatic rings. The van der Waals surface area contributed by atoms with Gasteiger partial charge in [0.25, 0.3) is 0 Å². The van der Waals surface area contributed by atoms with E-state index >= 15 is 0 Å². The van der Waals surface area contributed by atoms with Crippen molar-refractivity contribution in [1.82, 2.24) is 47.9 Å². The first kappa shape index (κ1) is 156. The summed E-state index contributed by atoms with van der Waals surface area (Å²) in [5.41, 5.74) is 78.9. The number of carbonyl (C=O) groups excluding carboxylic acids is 9. The van der Waals surface area contributed by atoms with Crippen LogP contribution in [0, 0.1) is 94.7 Å². The molecular formula is C101H233N23O9. The molecule has 0 bridgehead atoms. The van der Waals surface area contributed by atoms with E-state index in [-0.39, 0.29) is 194 Å². The molecule has 2 aliphatic carbocycles. The van der Waals surface area contributed by atoms with Crippen LogP contribution in [-0.4, -0.2) is 199 Å². The predicted molar refractivity (Wildman–Crippen MR) is 574 cm³/mol. The van der Waals surface area contributed by atoms with Crippen LogP contribution >= 0.6 is 0 Å². The molecule has 9 amide bonds. The highest BCUT2D eigenvalue weighted by atomic mass is 16.2. The highest BCUT2D eigenvalue weighted by Crippen LogP contribution is 2.38. The lowest BCUT2D eigenvalue weighted by Crippen LogP contribution is -2.47. The van der Waals surface area contributed by atoms with Crippen molar-refractivity contribution in [1.29, 1.82) is 0 Å². The summed E-state index contributed by atoms with van der Waals surface area (Å²) in [5, 5.41) is 25.6. The Labute approximate surface area is 819 Å². The SMILES string of the molecule is C.C.C.C.C.C.CC(C)C(=O)NC(C)[C@@H](N)CCCN.CC(C)C(=O)NC[C@@H](N)CCC(C)C(C)C.CC(C)C(=O)NC[C@@H](N)CCC(C)C1CC1.CC(C)C(=O)NC[C@@H](N)CCCN.CC(C)C(=O)NC[C@@H](N)CCN.CC(C)C(=O)NC[C@H]1CC[C@@H](CN)C1.CC(C)CC(=O)NC[C@@H](N)CCCN.CC(C)CC(=O)NC[C@H](N)CCCN.CC(C)CC[C@H](N)CNC(=O)C(C)C. The van der Waals surface area contributed by atoms with Crippen LogP contribution in [0.3, 0.4) is 0 Å². The first-order valence-electron chi connectivity index (χ1n) is 48.9.